The van der Waals surface area contributed by atoms with Gasteiger partial charge >= 0.3 is 0 Å². The fourth-order valence-corrected chi connectivity index (χ4v) is 3.21. The molecule has 0 aliphatic heterocycles. The maximum Gasteiger partial charge on any atom is 0.255 e. The lowest BCUT2D eigenvalue weighted by molar-refractivity contribution is 0.0671. The number of carbonyl (C=O) groups is 1. The molecule has 1 saturated carbocycles. The van der Waals surface area contributed by atoms with Gasteiger partial charge in [-0.05, 0) is 46.8 Å². The Morgan fingerprint density at radius 2 is 2.16 bits per heavy atom. The van der Waals surface area contributed by atoms with Gasteiger partial charge in [-0.2, -0.15) is 0 Å². The molecule has 1 amide bonds. The van der Waals surface area contributed by atoms with Crippen molar-refractivity contribution >= 4 is 21.8 Å². The molecule has 0 spiro atoms. The summed E-state index contributed by atoms with van der Waals surface area (Å²) in [6, 6.07) is 4.86. The van der Waals surface area contributed by atoms with E-state index in [1.807, 2.05) is 7.05 Å². The number of hydrogen-bond donors (Lipinski definition) is 0. The molecule has 0 heterocycles. The summed E-state index contributed by atoms with van der Waals surface area (Å²) in [5.41, 5.74) is 0.403. The fraction of sp³-hybridized carbons (Fsp3) is 0.533. The average molecular weight is 328 g/mol. The molecule has 19 heavy (non-hydrogen) atoms. The highest BCUT2D eigenvalue weighted by Crippen LogP contribution is 2.29. The molecule has 0 saturated heterocycles. The molecule has 2 atom stereocenters. The SMILES string of the molecule is CC1CCCC(N(C)C(=O)c2cccc(F)c2Br)C1. The highest BCUT2D eigenvalue weighted by molar-refractivity contribution is 9.10. The number of nitrogens with zero attached hydrogens (tertiary/aromatic N) is 1. The number of halogens is 2. The Morgan fingerprint density at radius 3 is 2.84 bits per heavy atom. The van der Waals surface area contributed by atoms with Gasteiger partial charge in [-0.1, -0.05) is 25.8 Å². The molecule has 1 fully saturated rings. The van der Waals surface area contributed by atoms with Gasteiger partial charge in [0.15, 0.2) is 0 Å². The van der Waals surface area contributed by atoms with E-state index in [9.17, 15) is 9.18 Å². The standard InChI is InChI=1S/C15H19BrFNO/c1-10-5-3-6-11(9-10)18(2)15(19)12-7-4-8-13(17)14(12)16/h4,7-8,10-11H,3,5-6,9H2,1-2H3. The Bertz CT molecular complexity index is 477. The normalized spacial score (nSPS) is 23.2. The second-order valence-electron chi connectivity index (χ2n) is 5.44. The average Bonchev–Trinajstić information content (AvgIpc) is 2.40. The second-order valence-corrected chi connectivity index (χ2v) is 6.24. The van der Waals surface area contributed by atoms with Crippen LogP contribution in [0, 0.1) is 11.7 Å². The highest BCUT2D eigenvalue weighted by atomic mass is 79.9. The summed E-state index contributed by atoms with van der Waals surface area (Å²) in [6.45, 7) is 2.22. The summed E-state index contributed by atoms with van der Waals surface area (Å²) in [5.74, 6) is 0.159. The van der Waals surface area contributed by atoms with Crippen LogP contribution >= 0.6 is 15.9 Å². The number of carbonyl (C=O) groups excluding carboxylic acids is 1. The van der Waals surface area contributed by atoms with Crippen LogP contribution in [-0.4, -0.2) is 23.9 Å². The first-order valence-corrected chi connectivity index (χ1v) is 7.51. The third-order valence-electron chi connectivity index (χ3n) is 3.96. The molecule has 0 radical (unpaired) electrons. The van der Waals surface area contributed by atoms with Crippen LogP contribution in [0.5, 0.6) is 0 Å². The zero-order chi connectivity index (χ0) is 14.0. The van der Waals surface area contributed by atoms with Crippen LogP contribution in [0.15, 0.2) is 22.7 Å². The Kier molecular flexibility index (Phi) is 4.61. The molecule has 1 aromatic rings. The third kappa shape index (κ3) is 3.16. The highest BCUT2D eigenvalue weighted by Gasteiger charge is 2.27. The van der Waals surface area contributed by atoms with Crippen LogP contribution < -0.4 is 0 Å². The van der Waals surface area contributed by atoms with Gasteiger partial charge in [-0.3, -0.25) is 4.79 Å². The van der Waals surface area contributed by atoms with E-state index in [4.69, 9.17) is 0 Å². The first-order chi connectivity index (χ1) is 9.00. The van der Waals surface area contributed by atoms with Gasteiger partial charge in [-0.15, -0.1) is 0 Å². The van der Waals surface area contributed by atoms with Crippen molar-refractivity contribution in [2.24, 2.45) is 5.92 Å². The zero-order valence-electron chi connectivity index (χ0n) is 11.3. The van der Waals surface area contributed by atoms with Gasteiger partial charge in [0.05, 0.1) is 10.0 Å². The molecule has 4 heteroatoms. The van der Waals surface area contributed by atoms with Gasteiger partial charge in [0.2, 0.25) is 0 Å². The van der Waals surface area contributed by atoms with Crippen LogP contribution in [0.1, 0.15) is 43.0 Å². The van der Waals surface area contributed by atoms with Gasteiger partial charge < -0.3 is 4.90 Å². The van der Waals surface area contributed by atoms with E-state index >= 15 is 0 Å². The van der Waals surface area contributed by atoms with Crippen molar-refractivity contribution in [1.82, 2.24) is 4.90 Å². The van der Waals surface area contributed by atoms with E-state index in [1.165, 1.54) is 12.5 Å². The quantitative estimate of drug-likeness (QED) is 0.795. The van der Waals surface area contributed by atoms with Crippen LogP contribution in [0.4, 0.5) is 4.39 Å². The van der Waals surface area contributed by atoms with E-state index < -0.39 is 5.82 Å². The van der Waals surface area contributed by atoms with Crippen molar-refractivity contribution < 1.29 is 9.18 Å². The maximum atomic E-state index is 13.5. The lowest BCUT2D eigenvalue weighted by Gasteiger charge is -2.34. The number of benzene rings is 1. The molecule has 0 aromatic heterocycles. The number of rotatable bonds is 2. The molecule has 0 bridgehead atoms. The van der Waals surface area contributed by atoms with Crippen LogP contribution in [0.2, 0.25) is 0 Å². The molecule has 1 aromatic carbocycles. The fourth-order valence-electron chi connectivity index (χ4n) is 2.78. The summed E-state index contributed by atoms with van der Waals surface area (Å²) < 4.78 is 13.7. The van der Waals surface area contributed by atoms with Crippen molar-refractivity contribution in [3.63, 3.8) is 0 Å². The van der Waals surface area contributed by atoms with E-state index in [1.54, 1.807) is 17.0 Å². The molecule has 104 valence electrons. The molecule has 2 nitrogen and oxygen atoms in total. The molecule has 0 N–H and O–H groups in total. The predicted molar refractivity (Wildman–Crippen MR) is 77.6 cm³/mol. The largest absolute Gasteiger partial charge is 0.339 e. The minimum absolute atomic E-state index is 0.106. The molecular formula is C15H19BrFNO. The predicted octanol–water partition coefficient (Wildman–Crippen LogP) is 4.24. The number of amides is 1. The van der Waals surface area contributed by atoms with Crippen molar-refractivity contribution in [2.45, 2.75) is 38.6 Å². The topological polar surface area (TPSA) is 20.3 Å². The van der Waals surface area contributed by atoms with E-state index in [-0.39, 0.29) is 16.4 Å². The number of hydrogen-bond acceptors (Lipinski definition) is 1. The van der Waals surface area contributed by atoms with Crippen molar-refractivity contribution in [3.05, 3.63) is 34.1 Å². The van der Waals surface area contributed by atoms with Crippen molar-refractivity contribution in [2.75, 3.05) is 7.05 Å². The van der Waals surface area contributed by atoms with Crippen LogP contribution in [0.25, 0.3) is 0 Å². The van der Waals surface area contributed by atoms with E-state index in [0.29, 0.717) is 11.5 Å². The Labute approximate surface area is 122 Å². The Balaban J connectivity index is 2.16. The molecule has 1 aliphatic carbocycles. The minimum atomic E-state index is -0.392. The summed E-state index contributed by atoms with van der Waals surface area (Å²) in [4.78, 5) is 14.2. The maximum absolute atomic E-state index is 13.5. The molecule has 2 rings (SSSR count). The summed E-state index contributed by atoms with van der Waals surface area (Å²) >= 11 is 3.16. The second kappa shape index (κ2) is 6.04. The van der Waals surface area contributed by atoms with Gasteiger partial charge in [0.1, 0.15) is 5.82 Å². The lowest BCUT2D eigenvalue weighted by atomic mass is 9.86. The van der Waals surface area contributed by atoms with Crippen LogP contribution in [0.3, 0.4) is 0 Å². The van der Waals surface area contributed by atoms with Crippen LogP contribution in [-0.2, 0) is 0 Å². The van der Waals surface area contributed by atoms with Crippen molar-refractivity contribution in [3.8, 4) is 0 Å². The Morgan fingerprint density at radius 1 is 1.42 bits per heavy atom. The smallest absolute Gasteiger partial charge is 0.255 e. The molecule has 1 aliphatic rings. The van der Waals surface area contributed by atoms with E-state index in [0.717, 1.165) is 19.3 Å². The third-order valence-corrected chi connectivity index (χ3v) is 4.76. The van der Waals surface area contributed by atoms with Crippen molar-refractivity contribution in [1.29, 1.82) is 0 Å². The summed E-state index contributed by atoms with van der Waals surface area (Å²) in [6.07, 6.45) is 4.48. The molecule has 2 unspecified atom stereocenters. The minimum Gasteiger partial charge on any atom is -0.339 e. The first kappa shape index (κ1) is 14.5. The first-order valence-electron chi connectivity index (χ1n) is 6.72. The lowest BCUT2D eigenvalue weighted by Crippen LogP contribution is -2.40. The van der Waals surface area contributed by atoms with E-state index in [2.05, 4.69) is 22.9 Å². The Hall–Kier alpha value is -0.900. The summed E-state index contributed by atoms with van der Waals surface area (Å²) in [7, 11) is 1.82. The monoisotopic (exact) mass is 327 g/mol. The zero-order valence-corrected chi connectivity index (χ0v) is 12.9. The van der Waals surface area contributed by atoms with Gasteiger partial charge in [-0.25, -0.2) is 4.39 Å². The summed E-state index contributed by atoms with van der Waals surface area (Å²) in [5, 5.41) is 0. The van der Waals surface area contributed by atoms with Gasteiger partial charge in [0, 0.05) is 13.1 Å². The van der Waals surface area contributed by atoms with Gasteiger partial charge in [0.25, 0.3) is 5.91 Å². The molecular weight excluding hydrogens is 309 g/mol.